The van der Waals surface area contributed by atoms with Crippen molar-refractivity contribution in [1.82, 2.24) is 4.90 Å². The lowest BCUT2D eigenvalue weighted by Gasteiger charge is -2.12. The summed E-state index contributed by atoms with van der Waals surface area (Å²) < 4.78 is 0. The van der Waals surface area contributed by atoms with Crippen LogP contribution in [0.3, 0.4) is 0 Å². The molecule has 0 saturated carbocycles. The van der Waals surface area contributed by atoms with Crippen molar-refractivity contribution < 1.29 is 9.90 Å². The Bertz CT molecular complexity index is 310. The minimum absolute atomic E-state index is 0.198. The minimum Gasteiger partial charge on any atom is -0.387 e. The second-order valence-electron chi connectivity index (χ2n) is 3.18. The van der Waals surface area contributed by atoms with Gasteiger partial charge >= 0.3 is 0 Å². The Morgan fingerprint density at radius 3 is 2.31 bits per heavy atom. The third-order valence-corrected chi connectivity index (χ3v) is 2.33. The normalized spacial score (nSPS) is 14.4. The molecule has 0 fully saturated rings. The Hall–Kier alpha value is -1.35. The van der Waals surface area contributed by atoms with Crippen LogP contribution in [-0.4, -0.2) is 22.5 Å². The first-order valence-corrected chi connectivity index (χ1v) is 4.26. The molecule has 1 heterocycles. The highest BCUT2D eigenvalue weighted by atomic mass is 16.3. The number of fused-ring (bicyclic) bond motifs is 1. The fourth-order valence-electron chi connectivity index (χ4n) is 1.61. The summed E-state index contributed by atoms with van der Waals surface area (Å²) in [6.45, 7) is 0.874. The van der Waals surface area contributed by atoms with Crippen LogP contribution in [0.15, 0.2) is 24.3 Å². The van der Waals surface area contributed by atoms with Gasteiger partial charge in [-0.25, -0.2) is 0 Å². The van der Waals surface area contributed by atoms with Gasteiger partial charge in [-0.1, -0.05) is 24.3 Å². The van der Waals surface area contributed by atoms with Crippen LogP contribution in [-0.2, 0) is 17.9 Å². The Kier molecular flexibility index (Phi) is 2.02. The zero-order valence-corrected chi connectivity index (χ0v) is 7.23. The highest BCUT2D eigenvalue weighted by molar-refractivity contribution is 5.77. The second kappa shape index (κ2) is 3.18. The maximum absolute atomic E-state index is 11.2. The molecule has 0 bridgehead atoms. The molecular formula is C10H11NO2. The number of rotatable bonds is 1. The van der Waals surface area contributed by atoms with Gasteiger partial charge in [-0.15, -0.1) is 0 Å². The van der Waals surface area contributed by atoms with E-state index >= 15 is 0 Å². The lowest BCUT2D eigenvalue weighted by Crippen LogP contribution is -2.27. The first-order valence-electron chi connectivity index (χ1n) is 4.26. The largest absolute Gasteiger partial charge is 0.387 e. The molecule has 0 spiro atoms. The lowest BCUT2D eigenvalue weighted by molar-refractivity contribution is -0.134. The summed E-state index contributed by atoms with van der Waals surface area (Å²) in [5, 5.41) is 8.68. The molecule has 1 N–H and O–H groups in total. The van der Waals surface area contributed by atoms with E-state index in [0.29, 0.717) is 13.1 Å². The molecule has 1 aromatic rings. The van der Waals surface area contributed by atoms with Gasteiger partial charge < -0.3 is 10.0 Å². The van der Waals surface area contributed by atoms with Gasteiger partial charge in [-0.05, 0) is 11.1 Å². The van der Waals surface area contributed by atoms with E-state index in [4.69, 9.17) is 5.11 Å². The van der Waals surface area contributed by atoms with Crippen molar-refractivity contribution in [2.24, 2.45) is 0 Å². The first-order chi connectivity index (χ1) is 6.31. The van der Waals surface area contributed by atoms with E-state index in [1.54, 1.807) is 4.90 Å². The number of nitrogens with zero attached hydrogens (tertiary/aromatic N) is 1. The van der Waals surface area contributed by atoms with Crippen molar-refractivity contribution >= 4 is 5.91 Å². The average Bonchev–Trinajstić information content (AvgIpc) is 2.59. The summed E-state index contributed by atoms with van der Waals surface area (Å²) in [4.78, 5) is 12.8. The number of hydrogen-bond acceptors (Lipinski definition) is 2. The number of carbonyl (C=O) groups excluding carboxylic acids is 1. The summed E-state index contributed by atoms with van der Waals surface area (Å²) in [6, 6.07) is 7.96. The Morgan fingerprint density at radius 1 is 1.31 bits per heavy atom. The molecule has 3 heteroatoms. The number of hydrogen-bond donors (Lipinski definition) is 1. The SMILES string of the molecule is O=C(CO)N1Cc2ccccc2C1. The van der Waals surface area contributed by atoms with Crippen molar-refractivity contribution in [3.63, 3.8) is 0 Å². The zero-order valence-electron chi connectivity index (χ0n) is 7.23. The fraction of sp³-hybridized carbons (Fsp3) is 0.300. The van der Waals surface area contributed by atoms with Gasteiger partial charge in [-0.2, -0.15) is 0 Å². The van der Waals surface area contributed by atoms with Crippen molar-refractivity contribution in [2.45, 2.75) is 13.1 Å². The molecular weight excluding hydrogens is 166 g/mol. The molecule has 2 rings (SSSR count). The number of amides is 1. The topological polar surface area (TPSA) is 40.5 Å². The molecule has 0 radical (unpaired) electrons. The summed E-state index contributed by atoms with van der Waals surface area (Å²) in [5.41, 5.74) is 2.37. The smallest absolute Gasteiger partial charge is 0.248 e. The van der Waals surface area contributed by atoms with Gasteiger partial charge in [0, 0.05) is 13.1 Å². The van der Waals surface area contributed by atoms with E-state index in [1.165, 1.54) is 11.1 Å². The van der Waals surface area contributed by atoms with Crippen molar-refractivity contribution in [1.29, 1.82) is 0 Å². The Labute approximate surface area is 76.6 Å². The predicted molar refractivity (Wildman–Crippen MR) is 47.8 cm³/mol. The maximum atomic E-state index is 11.2. The molecule has 0 atom stereocenters. The predicted octanol–water partition coefficient (Wildman–Crippen LogP) is 0.521. The highest BCUT2D eigenvalue weighted by Gasteiger charge is 2.21. The van der Waals surface area contributed by atoms with Crippen LogP contribution >= 0.6 is 0 Å². The van der Waals surface area contributed by atoms with Crippen LogP contribution in [0.4, 0.5) is 0 Å². The number of aliphatic hydroxyl groups is 1. The number of benzene rings is 1. The Balaban J connectivity index is 2.18. The molecule has 3 nitrogen and oxygen atoms in total. The lowest BCUT2D eigenvalue weighted by atomic mass is 10.1. The molecule has 0 aromatic heterocycles. The monoisotopic (exact) mass is 177 g/mol. The van der Waals surface area contributed by atoms with Crippen LogP contribution in [0.2, 0.25) is 0 Å². The molecule has 0 unspecified atom stereocenters. The third-order valence-electron chi connectivity index (χ3n) is 2.33. The van der Waals surface area contributed by atoms with Gasteiger partial charge in [0.1, 0.15) is 6.61 Å². The van der Waals surface area contributed by atoms with Crippen molar-refractivity contribution in [3.05, 3.63) is 35.4 Å². The molecule has 0 saturated heterocycles. The van der Waals surface area contributed by atoms with Crippen LogP contribution in [0.25, 0.3) is 0 Å². The molecule has 1 aromatic carbocycles. The summed E-state index contributed by atoms with van der Waals surface area (Å²) in [7, 11) is 0. The van der Waals surface area contributed by atoms with E-state index in [1.807, 2.05) is 24.3 Å². The molecule has 1 amide bonds. The summed E-state index contributed by atoms with van der Waals surface area (Å²) >= 11 is 0. The number of aliphatic hydroxyl groups excluding tert-OH is 1. The summed E-state index contributed by atoms with van der Waals surface area (Å²) in [5.74, 6) is -0.198. The molecule has 0 aliphatic carbocycles. The van der Waals surface area contributed by atoms with E-state index in [2.05, 4.69) is 0 Å². The Morgan fingerprint density at radius 2 is 1.85 bits per heavy atom. The molecule has 13 heavy (non-hydrogen) atoms. The second-order valence-corrected chi connectivity index (χ2v) is 3.18. The highest BCUT2D eigenvalue weighted by Crippen LogP contribution is 2.21. The molecule has 1 aliphatic heterocycles. The van der Waals surface area contributed by atoms with Crippen LogP contribution < -0.4 is 0 Å². The van der Waals surface area contributed by atoms with Gasteiger partial charge in [0.25, 0.3) is 0 Å². The van der Waals surface area contributed by atoms with Crippen LogP contribution in [0.5, 0.6) is 0 Å². The minimum atomic E-state index is -0.395. The summed E-state index contributed by atoms with van der Waals surface area (Å²) in [6.07, 6.45) is 0. The van der Waals surface area contributed by atoms with E-state index in [-0.39, 0.29) is 5.91 Å². The molecule has 68 valence electrons. The van der Waals surface area contributed by atoms with E-state index in [0.717, 1.165) is 0 Å². The van der Waals surface area contributed by atoms with Gasteiger partial charge in [0.2, 0.25) is 5.91 Å². The van der Waals surface area contributed by atoms with Gasteiger partial charge in [-0.3, -0.25) is 4.79 Å². The number of carbonyl (C=O) groups is 1. The third kappa shape index (κ3) is 1.42. The van der Waals surface area contributed by atoms with Gasteiger partial charge in [0.05, 0.1) is 0 Å². The maximum Gasteiger partial charge on any atom is 0.248 e. The van der Waals surface area contributed by atoms with Gasteiger partial charge in [0.15, 0.2) is 0 Å². The average molecular weight is 177 g/mol. The standard InChI is InChI=1S/C10H11NO2/c12-7-10(13)11-5-8-3-1-2-4-9(8)6-11/h1-4,12H,5-7H2. The quantitative estimate of drug-likeness (QED) is 0.679. The fourth-order valence-corrected chi connectivity index (χ4v) is 1.61. The van der Waals surface area contributed by atoms with E-state index < -0.39 is 6.61 Å². The van der Waals surface area contributed by atoms with E-state index in [9.17, 15) is 4.79 Å². The van der Waals surface area contributed by atoms with Crippen LogP contribution in [0, 0.1) is 0 Å². The van der Waals surface area contributed by atoms with Crippen LogP contribution in [0.1, 0.15) is 11.1 Å². The van der Waals surface area contributed by atoms with Crippen molar-refractivity contribution in [2.75, 3.05) is 6.61 Å². The zero-order chi connectivity index (χ0) is 9.26. The molecule has 1 aliphatic rings. The van der Waals surface area contributed by atoms with Crippen molar-refractivity contribution in [3.8, 4) is 0 Å². The first kappa shape index (κ1) is 8.26.